The molecule has 5 heteroatoms. The number of urea groups is 1. The highest BCUT2D eigenvalue weighted by Crippen LogP contribution is 2.22. The number of thiophene rings is 1. The molecule has 0 fully saturated rings. The quantitative estimate of drug-likeness (QED) is 0.364. The number of rotatable bonds is 9. The predicted molar refractivity (Wildman–Crippen MR) is 130 cm³/mol. The van der Waals surface area contributed by atoms with Crippen LogP contribution in [0.1, 0.15) is 46.9 Å². The predicted octanol–water partition coefficient (Wildman–Crippen LogP) is 7.09. The summed E-state index contributed by atoms with van der Waals surface area (Å²) in [6.45, 7) is 10.2. The Labute approximate surface area is 189 Å². The van der Waals surface area contributed by atoms with Crippen LogP contribution in [0.4, 0.5) is 10.5 Å². The summed E-state index contributed by atoms with van der Waals surface area (Å²) in [5.74, 6) is 0.872. The van der Waals surface area contributed by atoms with E-state index in [4.69, 9.17) is 4.74 Å². The van der Waals surface area contributed by atoms with Crippen molar-refractivity contribution in [3.8, 4) is 5.75 Å². The molecule has 0 aliphatic rings. The zero-order valence-corrected chi connectivity index (χ0v) is 19.7. The van der Waals surface area contributed by atoms with E-state index >= 15 is 0 Å². The summed E-state index contributed by atoms with van der Waals surface area (Å²) in [4.78, 5) is 16.2. The third-order valence-electron chi connectivity index (χ3n) is 5.36. The molecule has 0 saturated carbocycles. The van der Waals surface area contributed by atoms with Crippen LogP contribution < -0.4 is 10.1 Å². The standard InChI is InChI=1S/C26H32N2O2S/c1-5-6-13-30-23-11-9-22(10-12-23)17-28(18-24-8-7-14-31-24)26(29)27-25-16-20(3)19(2)15-21(25)4/h7-12,14-16H,5-6,13,17-18H2,1-4H3,(H,27,29). The molecule has 3 aromatic rings. The van der Waals surface area contributed by atoms with Crippen LogP contribution >= 0.6 is 11.3 Å². The van der Waals surface area contributed by atoms with Crippen molar-refractivity contribution >= 4 is 23.1 Å². The van der Waals surface area contributed by atoms with Crippen molar-refractivity contribution < 1.29 is 9.53 Å². The second kappa shape index (κ2) is 11.0. The molecule has 0 spiro atoms. The Morgan fingerprint density at radius 3 is 2.42 bits per heavy atom. The Morgan fingerprint density at radius 2 is 1.74 bits per heavy atom. The molecule has 1 heterocycles. The molecule has 2 aromatic carbocycles. The third kappa shape index (κ3) is 6.59. The molecule has 0 atom stereocenters. The lowest BCUT2D eigenvalue weighted by molar-refractivity contribution is 0.207. The van der Waals surface area contributed by atoms with Crippen molar-refractivity contribution in [2.45, 2.75) is 53.6 Å². The van der Waals surface area contributed by atoms with Crippen molar-refractivity contribution in [2.75, 3.05) is 11.9 Å². The molecule has 0 bridgehead atoms. The smallest absolute Gasteiger partial charge is 0.322 e. The van der Waals surface area contributed by atoms with E-state index < -0.39 is 0 Å². The van der Waals surface area contributed by atoms with Crippen LogP contribution in [0.25, 0.3) is 0 Å². The van der Waals surface area contributed by atoms with E-state index in [9.17, 15) is 4.79 Å². The van der Waals surface area contributed by atoms with Gasteiger partial charge in [-0.2, -0.15) is 0 Å². The molecule has 0 aliphatic heterocycles. The zero-order valence-electron chi connectivity index (χ0n) is 18.9. The van der Waals surface area contributed by atoms with Crippen molar-refractivity contribution in [2.24, 2.45) is 0 Å². The lowest BCUT2D eigenvalue weighted by atomic mass is 10.1. The second-order valence-corrected chi connectivity index (χ2v) is 9.00. The van der Waals surface area contributed by atoms with E-state index in [1.54, 1.807) is 11.3 Å². The largest absolute Gasteiger partial charge is 0.494 e. The lowest BCUT2D eigenvalue weighted by Gasteiger charge is -2.24. The average molecular weight is 437 g/mol. The number of anilines is 1. The summed E-state index contributed by atoms with van der Waals surface area (Å²) in [5, 5.41) is 5.17. The Balaban J connectivity index is 1.73. The molecule has 0 radical (unpaired) electrons. The number of hydrogen-bond acceptors (Lipinski definition) is 3. The molecular formula is C26H32N2O2S. The molecule has 164 valence electrons. The van der Waals surface area contributed by atoms with Crippen LogP contribution in [0.15, 0.2) is 53.9 Å². The first-order valence-corrected chi connectivity index (χ1v) is 11.7. The molecule has 0 saturated heterocycles. The van der Waals surface area contributed by atoms with Gasteiger partial charge in [-0.3, -0.25) is 0 Å². The van der Waals surface area contributed by atoms with Gasteiger partial charge in [0.15, 0.2) is 0 Å². The number of nitrogens with one attached hydrogen (secondary N) is 1. The van der Waals surface area contributed by atoms with Gasteiger partial charge in [-0.25, -0.2) is 4.79 Å². The molecule has 1 N–H and O–H groups in total. The van der Waals surface area contributed by atoms with Crippen molar-refractivity contribution in [3.63, 3.8) is 0 Å². The first-order chi connectivity index (χ1) is 15.0. The normalized spacial score (nSPS) is 10.7. The van der Waals surface area contributed by atoms with Gasteiger partial charge in [0.25, 0.3) is 0 Å². The Hall–Kier alpha value is -2.79. The number of aryl methyl sites for hydroxylation is 3. The number of unbranched alkanes of at least 4 members (excludes halogenated alkanes) is 1. The van der Waals surface area contributed by atoms with Gasteiger partial charge < -0.3 is 15.0 Å². The van der Waals surface area contributed by atoms with Gasteiger partial charge in [-0.1, -0.05) is 37.6 Å². The number of nitrogens with zero attached hydrogens (tertiary/aromatic N) is 1. The first-order valence-electron chi connectivity index (χ1n) is 10.8. The fraction of sp³-hybridized carbons (Fsp3) is 0.346. The second-order valence-electron chi connectivity index (χ2n) is 7.96. The van der Waals surface area contributed by atoms with Gasteiger partial charge in [0, 0.05) is 17.1 Å². The van der Waals surface area contributed by atoms with Gasteiger partial charge in [-0.05, 0) is 79.1 Å². The highest BCUT2D eigenvalue weighted by molar-refractivity contribution is 7.09. The van der Waals surface area contributed by atoms with Crippen molar-refractivity contribution in [1.29, 1.82) is 0 Å². The van der Waals surface area contributed by atoms with Gasteiger partial charge in [0.05, 0.1) is 13.2 Å². The Bertz CT molecular complexity index is 981. The highest BCUT2D eigenvalue weighted by atomic mass is 32.1. The summed E-state index contributed by atoms with van der Waals surface area (Å²) in [6.07, 6.45) is 2.17. The molecule has 0 aliphatic carbocycles. The molecule has 2 amide bonds. The summed E-state index contributed by atoms with van der Waals surface area (Å²) in [6, 6.07) is 16.2. The van der Waals surface area contributed by atoms with E-state index in [1.165, 1.54) is 11.1 Å². The van der Waals surface area contributed by atoms with Crippen LogP contribution in [0.3, 0.4) is 0 Å². The summed E-state index contributed by atoms with van der Waals surface area (Å²) in [7, 11) is 0. The fourth-order valence-electron chi connectivity index (χ4n) is 3.33. The maximum Gasteiger partial charge on any atom is 0.322 e. The average Bonchev–Trinajstić information content (AvgIpc) is 3.26. The topological polar surface area (TPSA) is 41.6 Å². The van der Waals surface area contributed by atoms with E-state index in [-0.39, 0.29) is 6.03 Å². The van der Waals surface area contributed by atoms with Crippen LogP contribution in [-0.4, -0.2) is 17.5 Å². The molecule has 3 rings (SSSR count). The van der Waals surface area contributed by atoms with Gasteiger partial charge in [0.2, 0.25) is 0 Å². The van der Waals surface area contributed by atoms with Crippen LogP contribution in [0, 0.1) is 20.8 Å². The minimum atomic E-state index is -0.0944. The summed E-state index contributed by atoms with van der Waals surface area (Å²) >= 11 is 1.67. The number of ether oxygens (including phenoxy) is 1. The number of carbonyl (C=O) groups excluding carboxylic acids is 1. The van der Waals surface area contributed by atoms with Crippen molar-refractivity contribution in [1.82, 2.24) is 4.90 Å². The molecule has 31 heavy (non-hydrogen) atoms. The van der Waals surface area contributed by atoms with Crippen molar-refractivity contribution in [3.05, 3.63) is 81.0 Å². The number of hydrogen-bond donors (Lipinski definition) is 1. The van der Waals surface area contributed by atoms with Crippen LogP contribution in [0.5, 0.6) is 5.75 Å². The Morgan fingerprint density at radius 1 is 1.00 bits per heavy atom. The minimum absolute atomic E-state index is 0.0944. The number of benzene rings is 2. The minimum Gasteiger partial charge on any atom is -0.494 e. The lowest BCUT2D eigenvalue weighted by Crippen LogP contribution is -2.34. The zero-order chi connectivity index (χ0) is 22.2. The molecule has 1 aromatic heterocycles. The number of carbonyl (C=O) groups is 1. The molecular weight excluding hydrogens is 404 g/mol. The van der Waals surface area contributed by atoms with Crippen LogP contribution in [0.2, 0.25) is 0 Å². The van der Waals surface area contributed by atoms with Crippen LogP contribution in [-0.2, 0) is 13.1 Å². The van der Waals surface area contributed by atoms with Gasteiger partial charge >= 0.3 is 6.03 Å². The van der Waals surface area contributed by atoms with E-state index in [0.29, 0.717) is 13.1 Å². The van der Waals surface area contributed by atoms with Gasteiger partial charge in [0.1, 0.15) is 5.75 Å². The first kappa shape index (κ1) is 22.9. The maximum absolute atomic E-state index is 13.2. The third-order valence-corrected chi connectivity index (χ3v) is 6.22. The fourth-order valence-corrected chi connectivity index (χ4v) is 4.04. The Kier molecular flexibility index (Phi) is 8.13. The van der Waals surface area contributed by atoms with E-state index in [0.717, 1.165) is 46.9 Å². The number of amides is 2. The summed E-state index contributed by atoms with van der Waals surface area (Å²) < 4.78 is 5.76. The van der Waals surface area contributed by atoms with E-state index in [2.05, 4.69) is 38.2 Å². The molecule has 4 nitrogen and oxygen atoms in total. The highest BCUT2D eigenvalue weighted by Gasteiger charge is 2.17. The molecule has 0 unspecified atom stereocenters. The SMILES string of the molecule is CCCCOc1ccc(CN(Cc2cccs2)C(=O)Nc2cc(C)c(C)cc2C)cc1. The maximum atomic E-state index is 13.2. The monoisotopic (exact) mass is 436 g/mol. The summed E-state index contributed by atoms with van der Waals surface area (Å²) in [5.41, 5.74) is 5.41. The van der Waals surface area contributed by atoms with E-state index in [1.807, 2.05) is 53.6 Å². The van der Waals surface area contributed by atoms with Gasteiger partial charge in [-0.15, -0.1) is 11.3 Å².